The van der Waals surface area contributed by atoms with Gasteiger partial charge in [0.2, 0.25) is 0 Å². The van der Waals surface area contributed by atoms with Crippen molar-refractivity contribution in [3.63, 3.8) is 0 Å². The molecule has 16 heavy (non-hydrogen) atoms. The highest BCUT2D eigenvalue weighted by Gasteiger charge is 2.31. The van der Waals surface area contributed by atoms with Crippen LogP contribution in [0.2, 0.25) is 5.02 Å². The van der Waals surface area contributed by atoms with Crippen LogP contribution in [-0.4, -0.2) is 16.6 Å². The third kappa shape index (κ3) is 2.14. The van der Waals surface area contributed by atoms with Crippen LogP contribution in [0.4, 0.5) is 5.69 Å². The van der Waals surface area contributed by atoms with Crippen LogP contribution in [0.5, 0.6) is 0 Å². The van der Waals surface area contributed by atoms with Gasteiger partial charge in [-0.25, -0.2) is 4.79 Å². The molecular weight excluding hydrogens is 226 g/mol. The molecule has 0 amide bonds. The van der Waals surface area contributed by atoms with Crippen molar-refractivity contribution >= 4 is 23.3 Å². The molecule has 2 N–H and O–H groups in total. The maximum atomic E-state index is 10.7. The summed E-state index contributed by atoms with van der Waals surface area (Å²) >= 11 is 6.03. The van der Waals surface area contributed by atoms with E-state index >= 15 is 0 Å². The van der Waals surface area contributed by atoms with Crippen LogP contribution in [0, 0.1) is 0 Å². The van der Waals surface area contributed by atoms with E-state index in [1.54, 1.807) is 12.1 Å². The van der Waals surface area contributed by atoms with E-state index in [0.29, 0.717) is 5.02 Å². The molecule has 1 aromatic carbocycles. The van der Waals surface area contributed by atoms with Crippen molar-refractivity contribution in [3.05, 3.63) is 28.8 Å². The van der Waals surface area contributed by atoms with Crippen molar-refractivity contribution in [2.75, 3.05) is 5.32 Å². The molecule has 86 valence electrons. The molecule has 1 aliphatic rings. The third-order valence-corrected chi connectivity index (χ3v) is 3.42. The Hall–Kier alpha value is -1.22. The van der Waals surface area contributed by atoms with Crippen LogP contribution in [0.15, 0.2) is 18.2 Å². The number of anilines is 1. The lowest BCUT2D eigenvalue weighted by Crippen LogP contribution is -2.41. The van der Waals surface area contributed by atoms with Gasteiger partial charge < -0.3 is 10.4 Å². The van der Waals surface area contributed by atoms with Gasteiger partial charge in [-0.15, -0.1) is 0 Å². The Morgan fingerprint density at radius 2 is 2.19 bits per heavy atom. The second kappa shape index (κ2) is 3.98. The zero-order chi connectivity index (χ0) is 11.8. The van der Waals surface area contributed by atoms with E-state index in [0.717, 1.165) is 18.5 Å². The van der Waals surface area contributed by atoms with Crippen LogP contribution < -0.4 is 5.32 Å². The van der Waals surface area contributed by atoms with E-state index in [1.165, 1.54) is 12.5 Å². The molecule has 1 aliphatic carbocycles. The van der Waals surface area contributed by atoms with Crippen LogP contribution in [-0.2, 0) is 0 Å². The quantitative estimate of drug-likeness (QED) is 0.850. The van der Waals surface area contributed by atoms with Crippen molar-refractivity contribution in [1.29, 1.82) is 0 Å². The highest BCUT2D eigenvalue weighted by molar-refractivity contribution is 6.33. The molecular formula is C12H14ClNO2. The molecule has 0 bridgehead atoms. The summed E-state index contributed by atoms with van der Waals surface area (Å²) in [6, 6.07) is 4.78. The molecule has 0 radical (unpaired) electrons. The lowest BCUT2D eigenvalue weighted by molar-refractivity contribution is 0.0697. The van der Waals surface area contributed by atoms with Crippen LogP contribution in [0.1, 0.15) is 36.5 Å². The van der Waals surface area contributed by atoms with E-state index in [9.17, 15) is 4.79 Å². The molecule has 0 aliphatic heterocycles. The van der Waals surface area contributed by atoms with Gasteiger partial charge in [-0.3, -0.25) is 0 Å². The highest BCUT2D eigenvalue weighted by atomic mass is 35.5. The van der Waals surface area contributed by atoms with Crippen molar-refractivity contribution in [2.24, 2.45) is 0 Å². The number of carbonyl (C=O) groups is 1. The first kappa shape index (κ1) is 11.3. The number of halogens is 1. The number of carboxylic acids is 1. The minimum absolute atomic E-state index is 0.119. The Morgan fingerprint density at radius 1 is 1.50 bits per heavy atom. The molecule has 4 heteroatoms. The maximum absolute atomic E-state index is 10.7. The normalized spacial score (nSPS) is 17.6. The molecule has 1 aromatic rings. The van der Waals surface area contributed by atoms with Crippen molar-refractivity contribution in [1.82, 2.24) is 0 Å². The van der Waals surface area contributed by atoms with Gasteiger partial charge in [0.25, 0.3) is 0 Å². The van der Waals surface area contributed by atoms with Gasteiger partial charge in [-0.05, 0) is 44.4 Å². The topological polar surface area (TPSA) is 49.3 Å². The first-order valence-electron chi connectivity index (χ1n) is 5.31. The first-order valence-corrected chi connectivity index (χ1v) is 5.69. The Balaban J connectivity index is 2.19. The van der Waals surface area contributed by atoms with Crippen molar-refractivity contribution in [2.45, 2.75) is 31.7 Å². The molecule has 0 saturated heterocycles. The Morgan fingerprint density at radius 3 is 2.62 bits per heavy atom. The van der Waals surface area contributed by atoms with E-state index in [-0.39, 0.29) is 11.1 Å². The maximum Gasteiger partial charge on any atom is 0.335 e. The molecule has 0 unspecified atom stereocenters. The summed E-state index contributed by atoms with van der Waals surface area (Å²) < 4.78 is 0. The average molecular weight is 240 g/mol. The summed E-state index contributed by atoms with van der Waals surface area (Å²) in [6.07, 6.45) is 3.49. The lowest BCUT2D eigenvalue weighted by Gasteiger charge is -2.40. The number of nitrogens with one attached hydrogen (secondary N) is 1. The summed E-state index contributed by atoms with van der Waals surface area (Å²) in [5, 5.41) is 12.6. The summed E-state index contributed by atoms with van der Waals surface area (Å²) in [5.74, 6) is -0.955. The minimum Gasteiger partial charge on any atom is -0.478 e. The predicted octanol–water partition coefficient (Wildman–Crippen LogP) is 3.39. The number of hydrogen-bond acceptors (Lipinski definition) is 2. The molecule has 1 saturated carbocycles. The van der Waals surface area contributed by atoms with Gasteiger partial charge in [0.05, 0.1) is 16.3 Å². The largest absolute Gasteiger partial charge is 0.478 e. The first-order chi connectivity index (χ1) is 7.50. The van der Waals surface area contributed by atoms with Crippen molar-refractivity contribution < 1.29 is 9.90 Å². The molecule has 0 aromatic heterocycles. The predicted molar refractivity (Wildman–Crippen MR) is 64.3 cm³/mol. The highest BCUT2D eigenvalue weighted by Crippen LogP contribution is 2.36. The number of aromatic carboxylic acids is 1. The summed E-state index contributed by atoms with van der Waals surface area (Å²) in [7, 11) is 0. The van der Waals surface area contributed by atoms with Gasteiger partial charge in [-0.1, -0.05) is 11.6 Å². The third-order valence-electron chi connectivity index (χ3n) is 3.11. The Kier molecular flexibility index (Phi) is 2.80. The van der Waals surface area contributed by atoms with Crippen LogP contribution in [0.3, 0.4) is 0 Å². The SMILES string of the molecule is CC1(Nc2ccc(C(=O)O)cc2Cl)CCC1. The fourth-order valence-corrected chi connectivity index (χ4v) is 2.13. The summed E-state index contributed by atoms with van der Waals surface area (Å²) in [6.45, 7) is 2.15. The minimum atomic E-state index is -0.955. The van der Waals surface area contributed by atoms with Crippen LogP contribution in [0.25, 0.3) is 0 Å². The molecule has 2 rings (SSSR count). The zero-order valence-corrected chi connectivity index (χ0v) is 9.84. The molecule has 0 atom stereocenters. The lowest BCUT2D eigenvalue weighted by atomic mass is 9.78. The zero-order valence-electron chi connectivity index (χ0n) is 9.09. The van der Waals surface area contributed by atoms with Gasteiger partial charge in [0.1, 0.15) is 0 Å². The smallest absolute Gasteiger partial charge is 0.335 e. The fourth-order valence-electron chi connectivity index (χ4n) is 1.91. The molecule has 1 fully saturated rings. The van der Waals surface area contributed by atoms with E-state index in [2.05, 4.69) is 12.2 Å². The van der Waals surface area contributed by atoms with Gasteiger partial charge in [0.15, 0.2) is 0 Å². The summed E-state index contributed by atoms with van der Waals surface area (Å²) in [5.41, 5.74) is 1.15. The van der Waals surface area contributed by atoms with E-state index in [4.69, 9.17) is 16.7 Å². The Bertz CT molecular complexity index is 427. The number of rotatable bonds is 3. The molecule has 0 spiro atoms. The van der Waals surface area contributed by atoms with E-state index in [1.807, 2.05) is 0 Å². The second-order valence-corrected chi connectivity index (χ2v) is 4.95. The number of hydrogen-bond donors (Lipinski definition) is 2. The van der Waals surface area contributed by atoms with E-state index < -0.39 is 5.97 Å². The number of benzene rings is 1. The number of carboxylic acid groups (broad SMARTS) is 1. The summed E-state index contributed by atoms with van der Waals surface area (Å²) in [4.78, 5) is 10.7. The van der Waals surface area contributed by atoms with Crippen LogP contribution >= 0.6 is 11.6 Å². The van der Waals surface area contributed by atoms with Gasteiger partial charge in [0, 0.05) is 5.54 Å². The van der Waals surface area contributed by atoms with Gasteiger partial charge >= 0.3 is 5.97 Å². The van der Waals surface area contributed by atoms with Crippen molar-refractivity contribution in [3.8, 4) is 0 Å². The standard InChI is InChI=1S/C12H14ClNO2/c1-12(5-2-6-12)14-10-4-3-8(11(15)16)7-9(10)13/h3-4,7,14H,2,5-6H2,1H3,(H,15,16). The molecule has 0 heterocycles. The second-order valence-electron chi connectivity index (χ2n) is 4.54. The average Bonchev–Trinajstić information content (AvgIpc) is 2.18. The fraction of sp³-hybridized carbons (Fsp3) is 0.417. The molecule has 3 nitrogen and oxygen atoms in total. The monoisotopic (exact) mass is 239 g/mol. The Labute approximate surface area is 99.4 Å². The van der Waals surface area contributed by atoms with Gasteiger partial charge in [-0.2, -0.15) is 0 Å².